The molecule has 1 unspecified atom stereocenters. The molecule has 0 radical (unpaired) electrons. The van der Waals surface area contributed by atoms with Gasteiger partial charge >= 0.3 is 0 Å². The Kier molecular flexibility index (Phi) is 7.48. The first-order chi connectivity index (χ1) is 13.5. The van der Waals surface area contributed by atoms with Crippen LogP contribution in [0.1, 0.15) is 22.7 Å². The van der Waals surface area contributed by atoms with Crippen LogP contribution >= 0.6 is 11.8 Å². The fourth-order valence-corrected chi connectivity index (χ4v) is 4.25. The average Bonchev–Trinajstić information content (AvgIpc) is 2.71. The number of thioether (sulfide) groups is 1. The van der Waals surface area contributed by atoms with Crippen molar-refractivity contribution in [3.8, 4) is 0 Å². The van der Waals surface area contributed by atoms with E-state index in [4.69, 9.17) is 4.74 Å². The molecule has 28 heavy (non-hydrogen) atoms. The van der Waals surface area contributed by atoms with Crippen LogP contribution in [0.3, 0.4) is 0 Å². The molecule has 0 aromatic heterocycles. The van der Waals surface area contributed by atoms with Gasteiger partial charge in [-0.25, -0.2) is 4.39 Å². The lowest BCUT2D eigenvalue weighted by Gasteiger charge is -2.35. The second-order valence-electron chi connectivity index (χ2n) is 7.08. The van der Waals surface area contributed by atoms with E-state index in [9.17, 15) is 9.18 Å². The van der Waals surface area contributed by atoms with Gasteiger partial charge < -0.3 is 10.1 Å². The summed E-state index contributed by atoms with van der Waals surface area (Å²) in [5, 5.41) is 3.06. The minimum atomic E-state index is -0.251. The largest absolute Gasteiger partial charge is 0.379 e. The van der Waals surface area contributed by atoms with Crippen LogP contribution in [0.5, 0.6) is 0 Å². The number of morpholine rings is 1. The van der Waals surface area contributed by atoms with Crippen molar-refractivity contribution < 1.29 is 13.9 Å². The zero-order chi connectivity index (χ0) is 19.9. The molecular weight excluding hydrogens is 375 g/mol. The van der Waals surface area contributed by atoms with Gasteiger partial charge in [0.25, 0.3) is 0 Å². The Morgan fingerprint density at radius 2 is 1.89 bits per heavy atom. The summed E-state index contributed by atoms with van der Waals surface area (Å²) in [6.07, 6.45) is 0. The fraction of sp³-hybridized carbons (Fsp3) is 0.409. The molecule has 1 heterocycles. The molecule has 1 saturated heterocycles. The third-order valence-corrected chi connectivity index (χ3v) is 6.09. The zero-order valence-electron chi connectivity index (χ0n) is 16.4. The van der Waals surface area contributed by atoms with E-state index in [2.05, 4.69) is 42.3 Å². The van der Waals surface area contributed by atoms with E-state index < -0.39 is 0 Å². The first-order valence-electron chi connectivity index (χ1n) is 9.57. The van der Waals surface area contributed by atoms with E-state index in [1.54, 1.807) is 23.9 Å². The van der Waals surface area contributed by atoms with Crippen molar-refractivity contribution in [2.24, 2.45) is 0 Å². The zero-order valence-corrected chi connectivity index (χ0v) is 17.2. The number of nitrogens with zero attached hydrogens (tertiary/aromatic N) is 1. The normalized spacial score (nSPS) is 16.0. The van der Waals surface area contributed by atoms with E-state index in [0.717, 1.165) is 23.5 Å². The molecule has 0 saturated carbocycles. The Balaban J connectivity index is 1.59. The van der Waals surface area contributed by atoms with Crippen LogP contribution < -0.4 is 5.32 Å². The van der Waals surface area contributed by atoms with Crippen LogP contribution in [0.2, 0.25) is 0 Å². The Morgan fingerprint density at radius 1 is 1.18 bits per heavy atom. The second-order valence-corrected chi connectivity index (χ2v) is 8.09. The van der Waals surface area contributed by atoms with E-state index in [0.29, 0.717) is 25.5 Å². The maximum Gasteiger partial charge on any atom is 0.230 e. The maximum absolute atomic E-state index is 13.3. The van der Waals surface area contributed by atoms with Crippen molar-refractivity contribution in [1.29, 1.82) is 0 Å². The molecule has 0 spiro atoms. The van der Waals surface area contributed by atoms with Crippen molar-refractivity contribution >= 4 is 17.7 Å². The van der Waals surface area contributed by atoms with E-state index in [1.165, 1.54) is 23.3 Å². The Hall–Kier alpha value is -1.89. The predicted molar refractivity (Wildman–Crippen MR) is 111 cm³/mol. The number of hydrogen-bond donors (Lipinski definition) is 1. The number of ether oxygens (including phenoxy) is 1. The molecule has 1 fully saturated rings. The summed E-state index contributed by atoms with van der Waals surface area (Å²) in [6, 6.07) is 12.8. The number of halogens is 1. The van der Waals surface area contributed by atoms with E-state index >= 15 is 0 Å². The van der Waals surface area contributed by atoms with Crippen LogP contribution in [-0.4, -0.2) is 49.4 Å². The molecule has 1 aliphatic rings. The summed E-state index contributed by atoms with van der Waals surface area (Å²) in [5.74, 6) is 0.133. The van der Waals surface area contributed by atoms with Gasteiger partial charge in [-0.3, -0.25) is 9.69 Å². The summed E-state index contributed by atoms with van der Waals surface area (Å²) in [6.45, 7) is 7.56. The van der Waals surface area contributed by atoms with E-state index in [-0.39, 0.29) is 17.8 Å². The summed E-state index contributed by atoms with van der Waals surface area (Å²) < 4.78 is 18.8. The number of amides is 1. The summed E-state index contributed by atoms with van der Waals surface area (Å²) in [7, 11) is 0. The van der Waals surface area contributed by atoms with Crippen molar-refractivity contribution in [2.75, 3.05) is 38.6 Å². The number of nitrogens with one attached hydrogen (secondary N) is 1. The Morgan fingerprint density at radius 3 is 2.61 bits per heavy atom. The minimum absolute atomic E-state index is 0.00581. The lowest BCUT2D eigenvalue weighted by Crippen LogP contribution is -2.44. The highest BCUT2D eigenvalue weighted by molar-refractivity contribution is 8.00. The van der Waals surface area contributed by atoms with Gasteiger partial charge in [-0.1, -0.05) is 29.8 Å². The van der Waals surface area contributed by atoms with Gasteiger partial charge in [0, 0.05) is 24.5 Å². The molecule has 1 atom stereocenters. The molecule has 2 aromatic rings. The van der Waals surface area contributed by atoms with Crippen LogP contribution in [0.25, 0.3) is 0 Å². The third kappa shape index (κ3) is 5.80. The first-order valence-corrected chi connectivity index (χ1v) is 10.6. The van der Waals surface area contributed by atoms with Gasteiger partial charge in [-0.2, -0.15) is 0 Å². The molecule has 0 bridgehead atoms. The lowest BCUT2D eigenvalue weighted by atomic mass is 10.0. The quantitative estimate of drug-likeness (QED) is 0.717. The van der Waals surface area contributed by atoms with Gasteiger partial charge in [-0.15, -0.1) is 11.8 Å². The highest BCUT2D eigenvalue weighted by atomic mass is 32.2. The number of hydrogen-bond acceptors (Lipinski definition) is 4. The average molecular weight is 403 g/mol. The molecule has 4 nitrogen and oxygen atoms in total. The number of carbonyl (C=O) groups is 1. The Labute approximate surface area is 170 Å². The van der Waals surface area contributed by atoms with Gasteiger partial charge in [0.2, 0.25) is 5.91 Å². The minimum Gasteiger partial charge on any atom is -0.379 e. The molecule has 1 amide bonds. The van der Waals surface area contributed by atoms with Crippen molar-refractivity contribution in [2.45, 2.75) is 24.8 Å². The van der Waals surface area contributed by atoms with Crippen LogP contribution in [0.4, 0.5) is 4.39 Å². The maximum atomic E-state index is 13.3. The van der Waals surface area contributed by atoms with Crippen molar-refractivity contribution in [1.82, 2.24) is 10.2 Å². The first kappa shape index (κ1) is 20.8. The summed E-state index contributed by atoms with van der Waals surface area (Å²) in [4.78, 5) is 15.9. The van der Waals surface area contributed by atoms with Crippen LogP contribution in [-0.2, 0) is 9.53 Å². The van der Waals surface area contributed by atoms with Gasteiger partial charge in [-0.05, 0) is 43.2 Å². The van der Waals surface area contributed by atoms with Crippen molar-refractivity contribution in [3.63, 3.8) is 0 Å². The highest BCUT2D eigenvalue weighted by Gasteiger charge is 2.23. The smallest absolute Gasteiger partial charge is 0.230 e. The molecule has 1 N–H and O–H groups in total. The third-order valence-electron chi connectivity index (χ3n) is 4.94. The molecule has 6 heteroatoms. The van der Waals surface area contributed by atoms with Crippen molar-refractivity contribution in [3.05, 3.63) is 65.0 Å². The molecule has 1 aliphatic heterocycles. The molecule has 150 valence electrons. The molecular formula is C22H27FN2O2S. The van der Waals surface area contributed by atoms with Crippen LogP contribution in [0.15, 0.2) is 47.4 Å². The molecule has 3 rings (SSSR count). The fourth-order valence-electron chi connectivity index (χ4n) is 3.30. The van der Waals surface area contributed by atoms with E-state index in [1.807, 2.05) is 0 Å². The predicted octanol–water partition coefficient (Wildman–Crippen LogP) is 3.72. The monoisotopic (exact) mass is 402 g/mol. The SMILES string of the molecule is Cc1ccc(C)c(SCC(=O)NCC(c2ccc(F)cc2)N2CCOCC2)c1. The number of rotatable bonds is 7. The van der Waals surface area contributed by atoms with Crippen LogP contribution in [0, 0.1) is 19.7 Å². The topological polar surface area (TPSA) is 41.6 Å². The van der Waals surface area contributed by atoms with Gasteiger partial charge in [0.05, 0.1) is 25.0 Å². The summed E-state index contributed by atoms with van der Waals surface area (Å²) >= 11 is 1.56. The highest BCUT2D eigenvalue weighted by Crippen LogP contribution is 2.24. The summed E-state index contributed by atoms with van der Waals surface area (Å²) in [5.41, 5.74) is 3.38. The molecule has 0 aliphatic carbocycles. The number of benzene rings is 2. The standard InChI is InChI=1S/C22H27FN2O2S/c1-16-3-4-17(2)21(13-16)28-15-22(26)24-14-20(25-9-11-27-12-10-25)18-5-7-19(23)8-6-18/h3-8,13,20H,9-12,14-15H2,1-2H3,(H,24,26). The lowest BCUT2D eigenvalue weighted by molar-refractivity contribution is -0.118. The Bertz CT molecular complexity index is 792. The molecule has 2 aromatic carbocycles. The van der Waals surface area contributed by atoms with Gasteiger partial charge in [0.15, 0.2) is 0 Å². The number of carbonyl (C=O) groups excluding carboxylic acids is 1. The second kappa shape index (κ2) is 10.0. The number of aryl methyl sites for hydroxylation is 2. The van der Waals surface area contributed by atoms with Gasteiger partial charge in [0.1, 0.15) is 5.82 Å².